The van der Waals surface area contributed by atoms with Gasteiger partial charge in [0.2, 0.25) is 0 Å². The summed E-state index contributed by atoms with van der Waals surface area (Å²) < 4.78 is 37.2. The van der Waals surface area contributed by atoms with E-state index in [0.29, 0.717) is 0 Å². The van der Waals surface area contributed by atoms with Crippen LogP contribution in [0.5, 0.6) is 0 Å². The lowest BCUT2D eigenvalue weighted by atomic mass is 9.98. The zero-order valence-corrected chi connectivity index (χ0v) is 8.43. The van der Waals surface area contributed by atoms with Crippen molar-refractivity contribution in [3.63, 3.8) is 0 Å². The normalized spacial score (nSPS) is 15.8. The Balaban J connectivity index is 2.54. The van der Waals surface area contributed by atoms with Gasteiger partial charge in [-0.2, -0.15) is 13.2 Å². The Morgan fingerprint density at radius 2 is 2.00 bits per heavy atom. The number of hydrogen-bond donors (Lipinski definition) is 0. The van der Waals surface area contributed by atoms with Crippen LogP contribution in [0.1, 0.15) is 22.3 Å². The Morgan fingerprint density at radius 1 is 1.31 bits per heavy atom. The highest BCUT2D eigenvalue weighted by atomic mass is 19.4. The number of benzene rings is 1. The van der Waals surface area contributed by atoms with Crippen molar-refractivity contribution in [2.24, 2.45) is 4.99 Å². The number of rotatable bonds is 0. The fourth-order valence-electron chi connectivity index (χ4n) is 1.57. The van der Waals surface area contributed by atoms with Gasteiger partial charge in [-0.25, -0.2) is 4.99 Å². The first-order valence-electron chi connectivity index (χ1n) is 4.66. The van der Waals surface area contributed by atoms with Crippen LogP contribution in [0.25, 0.3) is 0 Å². The largest absolute Gasteiger partial charge is 0.429 e. The summed E-state index contributed by atoms with van der Waals surface area (Å²) in [6.07, 6.45) is -5.20. The van der Waals surface area contributed by atoms with Crippen molar-refractivity contribution >= 4 is 17.2 Å². The molecule has 1 aliphatic heterocycles. The predicted octanol–water partition coefficient (Wildman–Crippen LogP) is 3.22. The van der Waals surface area contributed by atoms with Crippen LogP contribution in [0.4, 0.5) is 18.9 Å². The third kappa shape index (κ3) is 1.85. The first-order valence-corrected chi connectivity index (χ1v) is 4.66. The van der Waals surface area contributed by atoms with Gasteiger partial charge in [0.1, 0.15) is 5.71 Å². The summed E-state index contributed by atoms with van der Waals surface area (Å²) in [5.41, 5.74) is 0.189. The molecule has 0 saturated carbocycles. The Hall–Kier alpha value is -1.65. The summed E-state index contributed by atoms with van der Waals surface area (Å²) in [5, 5.41) is 0. The average molecular weight is 227 g/mol. The minimum Gasteiger partial charge on any atom is -0.294 e. The second-order valence-electron chi connectivity index (χ2n) is 3.68. The molecule has 1 heterocycles. The van der Waals surface area contributed by atoms with Crippen LogP contribution in [0.15, 0.2) is 23.2 Å². The van der Waals surface area contributed by atoms with Crippen molar-refractivity contribution < 1.29 is 18.0 Å². The highest BCUT2D eigenvalue weighted by Gasteiger charge is 2.39. The van der Waals surface area contributed by atoms with Gasteiger partial charge in [0.15, 0.2) is 5.78 Å². The molecule has 0 atom stereocenters. The predicted molar refractivity (Wildman–Crippen MR) is 53.3 cm³/mol. The molecule has 0 fully saturated rings. The molecule has 0 aromatic heterocycles. The van der Waals surface area contributed by atoms with E-state index in [1.807, 2.05) is 0 Å². The van der Waals surface area contributed by atoms with E-state index in [0.717, 1.165) is 5.56 Å². The summed E-state index contributed by atoms with van der Waals surface area (Å²) >= 11 is 0. The smallest absolute Gasteiger partial charge is 0.294 e. The van der Waals surface area contributed by atoms with Crippen molar-refractivity contribution in [3.05, 3.63) is 29.3 Å². The number of ketones is 1. The zero-order chi connectivity index (χ0) is 11.9. The maximum Gasteiger partial charge on any atom is 0.429 e. The van der Waals surface area contributed by atoms with Gasteiger partial charge in [-0.05, 0) is 19.1 Å². The van der Waals surface area contributed by atoms with Crippen molar-refractivity contribution in [2.45, 2.75) is 19.5 Å². The van der Waals surface area contributed by atoms with Crippen molar-refractivity contribution in [2.75, 3.05) is 0 Å². The van der Waals surface area contributed by atoms with Crippen LogP contribution >= 0.6 is 0 Å². The third-order valence-corrected chi connectivity index (χ3v) is 2.36. The average Bonchev–Trinajstić information content (AvgIpc) is 2.17. The van der Waals surface area contributed by atoms with E-state index in [4.69, 9.17) is 0 Å². The van der Waals surface area contributed by atoms with E-state index in [9.17, 15) is 18.0 Å². The number of fused-ring (bicyclic) bond motifs is 1. The van der Waals surface area contributed by atoms with Crippen molar-refractivity contribution in [3.8, 4) is 0 Å². The molecule has 0 aliphatic carbocycles. The molecule has 16 heavy (non-hydrogen) atoms. The molecule has 2 rings (SSSR count). The molecule has 5 heteroatoms. The Labute approximate surface area is 89.8 Å². The molecule has 0 bridgehead atoms. The summed E-state index contributed by atoms with van der Waals surface area (Å²) in [6.45, 7) is 1.77. The zero-order valence-electron chi connectivity index (χ0n) is 8.43. The minimum atomic E-state index is -4.53. The Morgan fingerprint density at radius 3 is 2.62 bits per heavy atom. The fourth-order valence-corrected chi connectivity index (χ4v) is 1.57. The van der Waals surface area contributed by atoms with E-state index >= 15 is 0 Å². The van der Waals surface area contributed by atoms with Gasteiger partial charge >= 0.3 is 6.18 Å². The third-order valence-electron chi connectivity index (χ3n) is 2.36. The van der Waals surface area contributed by atoms with Crippen LogP contribution in [0.3, 0.4) is 0 Å². The summed E-state index contributed by atoms with van der Waals surface area (Å²) in [7, 11) is 0. The lowest BCUT2D eigenvalue weighted by molar-refractivity contribution is -0.0602. The van der Waals surface area contributed by atoms with E-state index in [1.165, 1.54) is 6.07 Å². The molecule has 0 saturated heterocycles. The number of aliphatic imine (C=N–C) groups is 1. The lowest BCUT2D eigenvalue weighted by Crippen LogP contribution is -2.28. The van der Waals surface area contributed by atoms with Crippen LogP contribution in [0.2, 0.25) is 0 Å². The molecule has 0 unspecified atom stereocenters. The van der Waals surface area contributed by atoms with Crippen LogP contribution < -0.4 is 0 Å². The molecular weight excluding hydrogens is 219 g/mol. The van der Waals surface area contributed by atoms with Gasteiger partial charge in [0, 0.05) is 5.56 Å². The number of carbonyl (C=O) groups excluding carboxylic acids is 1. The summed E-state index contributed by atoms with van der Waals surface area (Å²) in [4.78, 5) is 15.0. The number of hydrogen-bond acceptors (Lipinski definition) is 2. The maximum absolute atomic E-state index is 12.4. The standard InChI is InChI=1S/C11H8F3NO/c1-6-2-3-8-7(4-6)9(16)5-10(15-8)11(12,13)14/h2-4H,5H2,1H3. The first kappa shape index (κ1) is 10.9. The molecule has 1 aromatic carbocycles. The summed E-state index contributed by atoms with van der Waals surface area (Å²) in [5.74, 6) is -0.527. The number of Topliss-reactive ketones (excluding diaryl/α,β-unsaturated/α-hetero) is 1. The minimum absolute atomic E-state index is 0.106. The molecule has 84 valence electrons. The summed E-state index contributed by atoms with van der Waals surface area (Å²) in [6, 6.07) is 4.64. The fraction of sp³-hybridized carbons (Fsp3) is 0.273. The maximum atomic E-state index is 12.4. The number of carbonyl (C=O) groups is 1. The lowest BCUT2D eigenvalue weighted by Gasteiger charge is -2.16. The highest BCUT2D eigenvalue weighted by molar-refractivity contribution is 6.17. The molecule has 0 amide bonds. The van der Waals surface area contributed by atoms with Gasteiger partial charge in [0.25, 0.3) is 0 Å². The number of alkyl halides is 3. The first-order chi connectivity index (χ1) is 7.38. The SMILES string of the molecule is Cc1ccc2c(c1)C(=O)CC(C(F)(F)F)=N2. The van der Waals surface area contributed by atoms with Gasteiger partial charge < -0.3 is 0 Å². The molecule has 0 N–H and O–H groups in total. The number of aryl methyl sites for hydroxylation is 1. The Bertz CT molecular complexity index is 488. The topological polar surface area (TPSA) is 29.4 Å². The second-order valence-corrected chi connectivity index (χ2v) is 3.68. The highest BCUT2D eigenvalue weighted by Crippen LogP contribution is 2.32. The molecule has 0 radical (unpaired) electrons. The van der Waals surface area contributed by atoms with Crippen LogP contribution in [-0.2, 0) is 0 Å². The van der Waals surface area contributed by atoms with Gasteiger partial charge in [-0.1, -0.05) is 11.6 Å². The quantitative estimate of drug-likeness (QED) is 0.669. The second kappa shape index (κ2) is 3.43. The molecule has 1 aliphatic rings. The van der Waals surface area contributed by atoms with E-state index in [1.54, 1.807) is 19.1 Å². The van der Waals surface area contributed by atoms with Gasteiger partial charge in [0.05, 0.1) is 12.1 Å². The van der Waals surface area contributed by atoms with Crippen molar-refractivity contribution in [1.82, 2.24) is 0 Å². The van der Waals surface area contributed by atoms with E-state index in [-0.39, 0.29) is 11.3 Å². The molecule has 2 nitrogen and oxygen atoms in total. The van der Waals surface area contributed by atoms with E-state index < -0.39 is 24.1 Å². The number of nitrogens with zero attached hydrogens (tertiary/aromatic N) is 1. The van der Waals surface area contributed by atoms with Gasteiger partial charge in [-0.15, -0.1) is 0 Å². The molecular formula is C11H8F3NO. The van der Waals surface area contributed by atoms with Gasteiger partial charge in [-0.3, -0.25) is 4.79 Å². The monoisotopic (exact) mass is 227 g/mol. The molecule has 0 spiro atoms. The van der Waals surface area contributed by atoms with Crippen LogP contribution in [0, 0.1) is 6.92 Å². The number of halogens is 3. The van der Waals surface area contributed by atoms with Crippen LogP contribution in [-0.4, -0.2) is 17.7 Å². The molecule has 1 aromatic rings. The van der Waals surface area contributed by atoms with Crippen molar-refractivity contribution in [1.29, 1.82) is 0 Å². The van der Waals surface area contributed by atoms with E-state index in [2.05, 4.69) is 4.99 Å². The Kier molecular flexibility index (Phi) is 2.33.